The van der Waals surface area contributed by atoms with Crippen molar-refractivity contribution in [2.45, 2.75) is 96.3 Å². The Morgan fingerprint density at radius 3 is 2.57 bits per heavy atom. The minimum atomic E-state index is -0.633. The van der Waals surface area contributed by atoms with Gasteiger partial charge in [0, 0.05) is 20.4 Å². The fourth-order valence-corrected chi connectivity index (χ4v) is 9.87. The summed E-state index contributed by atoms with van der Waals surface area (Å²) in [7, 11) is 3.57. The largest absolute Gasteiger partial charge is 0.387 e. The molecular weight excluding hydrogens is 438 g/mol. The predicted molar refractivity (Wildman–Crippen MR) is 134 cm³/mol. The maximum Gasteiger partial charge on any atom is 0.102 e. The molecule has 1 N–H and O–H groups in total. The summed E-state index contributed by atoms with van der Waals surface area (Å²) in [6.07, 6.45) is 14.0. The number of aliphatic hydroxyl groups is 1. The van der Waals surface area contributed by atoms with Gasteiger partial charge in [-0.1, -0.05) is 13.8 Å². The summed E-state index contributed by atoms with van der Waals surface area (Å²) in [6.45, 7) is 8.53. The lowest BCUT2D eigenvalue weighted by Crippen LogP contribution is -2.58. The van der Waals surface area contributed by atoms with Crippen molar-refractivity contribution in [1.82, 2.24) is 9.78 Å². The van der Waals surface area contributed by atoms with Crippen molar-refractivity contribution in [3.8, 4) is 6.07 Å². The van der Waals surface area contributed by atoms with Gasteiger partial charge in [-0.25, -0.2) is 0 Å². The Bertz CT molecular complexity index is 973. The number of rotatable bonds is 6. The summed E-state index contributed by atoms with van der Waals surface area (Å²) in [4.78, 5) is 0. The lowest BCUT2D eigenvalue weighted by atomic mass is 9.43. The summed E-state index contributed by atoms with van der Waals surface area (Å²) in [6, 6.07) is 2.20. The van der Waals surface area contributed by atoms with Crippen LogP contribution in [0, 0.1) is 51.8 Å². The zero-order valence-corrected chi connectivity index (χ0v) is 22.4. The first-order chi connectivity index (χ1) is 16.6. The molecule has 0 saturated heterocycles. The zero-order chi connectivity index (χ0) is 25.1. The van der Waals surface area contributed by atoms with Gasteiger partial charge < -0.3 is 14.6 Å². The van der Waals surface area contributed by atoms with Crippen LogP contribution >= 0.6 is 0 Å². The molecule has 4 aliphatic rings. The number of aromatic nitrogens is 2. The first-order valence-corrected chi connectivity index (χ1v) is 13.8. The van der Waals surface area contributed by atoms with E-state index in [-0.39, 0.29) is 11.0 Å². The molecule has 9 atom stereocenters. The van der Waals surface area contributed by atoms with Crippen molar-refractivity contribution < 1.29 is 14.6 Å². The van der Waals surface area contributed by atoms with Gasteiger partial charge in [-0.15, -0.1) is 0 Å². The van der Waals surface area contributed by atoms with Crippen LogP contribution in [0.3, 0.4) is 0 Å². The molecule has 6 heteroatoms. The third kappa shape index (κ3) is 3.97. The van der Waals surface area contributed by atoms with Crippen LogP contribution in [0.2, 0.25) is 0 Å². The lowest BCUT2D eigenvalue weighted by Gasteiger charge is -2.62. The Kier molecular flexibility index (Phi) is 6.38. The highest BCUT2D eigenvalue weighted by atomic mass is 16.5. The maximum atomic E-state index is 11.1. The normalized spacial score (nSPS) is 44.5. The number of ether oxygens (including phenoxy) is 2. The Morgan fingerprint density at radius 2 is 1.89 bits per heavy atom. The highest BCUT2D eigenvalue weighted by Crippen LogP contribution is 2.69. The molecule has 4 saturated carbocycles. The van der Waals surface area contributed by atoms with Gasteiger partial charge in [0.25, 0.3) is 0 Å². The number of hydrogen-bond donors (Lipinski definition) is 1. The minimum absolute atomic E-state index is 0.270. The van der Waals surface area contributed by atoms with E-state index in [4.69, 9.17) is 9.47 Å². The van der Waals surface area contributed by atoms with Crippen molar-refractivity contribution >= 4 is 0 Å². The SMILES string of the molecule is COC[C@@]1(O)CC[C@@]2(C)[C@H](CC[C@@H]3[C@@H]2CC[C@@]2(C)[C@H]3CC[C@@H]2[C@@](C)(Cn2cc(C#N)cn2)OC)C1. The van der Waals surface area contributed by atoms with E-state index in [0.29, 0.717) is 36.0 Å². The van der Waals surface area contributed by atoms with Crippen molar-refractivity contribution in [1.29, 1.82) is 5.26 Å². The van der Waals surface area contributed by atoms with Crippen molar-refractivity contribution in [2.75, 3.05) is 20.8 Å². The van der Waals surface area contributed by atoms with Gasteiger partial charge >= 0.3 is 0 Å². The quantitative estimate of drug-likeness (QED) is 0.602. The molecule has 6 nitrogen and oxygen atoms in total. The average molecular weight is 484 g/mol. The molecule has 194 valence electrons. The maximum absolute atomic E-state index is 11.1. The molecule has 4 aliphatic carbocycles. The number of methoxy groups -OCH3 is 2. The van der Waals surface area contributed by atoms with Crippen molar-refractivity contribution in [3.63, 3.8) is 0 Å². The highest BCUT2D eigenvalue weighted by Gasteiger charge is 2.63. The molecule has 0 amide bonds. The van der Waals surface area contributed by atoms with E-state index in [1.807, 2.05) is 18.0 Å². The van der Waals surface area contributed by atoms with E-state index in [1.165, 1.54) is 38.5 Å². The van der Waals surface area contributed by atoms with Crippen LogP contribution in [0.5, 0.6) is 0 Å². The van der Waals surface area contributed by atoms with Gasteiger partial charge in [-0.2, -0.15) is 10.4 Å². The Balaban J connectivity index is 1.36. The molecule has 1 aromatic rings. The van der Waals surface area contributed by atoms with Crippen LogP contribution in [0.25, 0.3) is 0 Å². The van der Waals surface area contributed by atoms with Gasteiger partial charge in [-0.3, -0.25) is 4.68 Å². The summed E-state index contributed by atoms with van der Waals surface area (Å²) in [5, 5.41) is 24.8. The molecule has 0 aliphatic heterocycles. The molecule has 1 heterocycles. The summed E-state index contributed by atoms with van der Waals surface area (Å²) in [5.74, 6) is 3.38. The fraction of sp³-hybridized carbons (Fsp3) is 0.862. The molecule has 4 fully saturated rings. The van der Waals surface area contributed by atoms with Crippen LogP contribution < -0.4 is 0 Å². The molecule has 0 radical (unpaired) electrons. The van der Waals surface area contributed by atoms with Crippen molar-refractivity contribution in [2.24, 2.45) is 40.4 Å². The average Bonchev–Trinajstić information content (AvgIpc) is 3.43. The molecule has 35 heavy (non-hydrogen) atoms. The van der Waals surface area contributed by atoms with E-state index in [1.54, 1.807) is 13.3 Å². The molecule has 0 aromatic carbocycles. The first kappa shape index (κ1) is 25.2. The van der Waals surface area contributed by atoms with Crippen molar-refractivity contribution in [3.05, 3.63) is 18.0 Å². The number of nitriles is 1. The molecular formula is C29H45N3O3. The van der Waals surface area contributed by atoms with E-state index >= 15 is 0 Å². The zero-order valence-electron chi connectivity index (χ0n) is 22.4. The summed E-state index contributed by atoms with van der Waals surface area (Å²) in [5.41, 5.74) is 0.277. The Hall–Kier alpha value is -1.42. The second-order valence-electron chi connectivity index (χ2n) is 13.2. The number of hydrogen-bond acceptors (Lipinski definition) is 5. The second kappa shape index (κ2) is 8.85. The van der Waals surface area contributed by atoms with Crippen LogP contribution in [0.1, 0.15) is 84.1 Å². The third-order valence-corrected chi connectivity index (χ3v) is 11.7. The predicted octanol–water partition coefficient (Wildman–Crippen LogP) is 5.20. The van der Waals surface area contributed by atoms with Crippen LogP contribution in [0.4, 0.5) is 0 Å². The number of nitrogens with zero attached hydrogens (tertiary/aromatic N) is 3. The highest BCUT2D eigenvalue weighted by molar-refractivity contribution is 5.22. The van der Waals surface area contributed by atoms with E-state index in [2.05, 4.69) is 31.9 Å². The first-order valence-electron chi connectivity index (χ1n) is 13.8. The van der Waals surface area contributed by atoms with E-state index in [9.17, 15) is 10.4 Å². The Labute approximate surface area is 211 Å². The van der Waals surface area contributed by atoms with Crippen LogP contribution in [0.15, 0.2) is 12.4 Å². The van der Waals surface area contributed by atoms with Gasteiger partial charge in [0.05, 0.1) is 36.1 Å². The smallest absolute Gasteiger partial charge is 0.102 e. The second-order valence-corrected chi connectivity index (χ2v) is 13.2. The van der Waals surface area contributed by atoms with Gasteiger partial charge in [0.2, 0.25) is 0 Å². The number of fused-ring (bicyclic) bond motifs is 5. The third-order valence-electron chi connectivity index (χ3n) is 11.7. The topological polar surface area (TPSA) is 80.3 Å². The standard InChI is InChI=1S/C29H45N3O3/c1-26-12-13-29(33,19-34-4)14-21(26)6-7-22-23-8-9-25(27(23,2)11-10-24(22)26)28(3,35-5)18-32-17-20(15-30)16-31-32/h16-17,21-25,33H,6-14,18-19H2,1-5H3/t21-,22+,23+,24+,25+,26+,27+,28-,29-/m1/s1. The molecule has 5 rings (SSSR count). The fourth-order valence-electron chi connectivity index (χ4n) is 9.87. The minimum Gasteiger partial charge on any atom is -0.387 e. The summed E-state index contributed by atoms with van der Waals surface area (Å²) >= 11 is 0. The van der Waals surface area contributed by atoms with Gasteiger partial charge in [-0.05, 0) is 105 Å². The molecule has 0 spiro atoms. The Morgan fingerprint density at radius 1 is 1.11 bits per heavy atom. The monoisotopic (exact) mass is 483 g/mol. The summed E-state index contributed by atoms with van der Waals surface area (Å²) < 4.78 is 13.6. The van der Waals surface area contributed by atoms with Crippen LogP contribution in [-0.4, -0.2) is 46.9 Å². The van der Waals surface area contributed by atoms with Gasteiger partial charge in [0.1, 0.15) is 6.07 Å². The lowest BCUT2D eigenvalue weighted by molar-refractivity contribution is -0.173. The van der Waals surface area contributed by atoms with E-state index in [0.717, 1.165) is 37.0 Å². The van der Waals surface area contributed by atoms with Gasteiger partial charge in [0.15, 0.2) is 0 Å². The molecule has 1 aromatic heterocycles. The van der Waals surface area contributed by atoms with Crippen LogP contribution in [-0.2, 0) is 16.0 Å². The molecule has 0 bridgehead atoms. The molecule has 0 unspecified atom stereocenters. The van der Waals surface area contributed by atoms with E-state index < -0.39 is 5.60 Å².